The van der Waals surface area contributed by atoms with Crippen molar-refractivity contribution in [3.63, 3.8) is 0 Å². The van der Waals surface area contributed by atoms with E-state index in [2.05, 4.69) is 4.74 Å². The molecule has 0 N–H and O–H groups in total. The number of nitro groups is 1. The Morgan fingerprint density at radius 3 is 2.61 bits per heavy atom. The molecule has 0 atom stereocenters. The van der Waals surface area contributed by atoms with Crippen molar-refractivity contribution in [2.75, 3.05) is 7.11 Å². The Bertz CT molecular complexity index is 532. The van der Waals surface area contributed by atoms with E-state index in [4.69, 9.17) is 5.26 Å². The average Bonchev–Trinajstić information content (AvgIpc) is 2.37. The largest absolute Gasteiger partial charge is 0.469 e. The van der Waals surface area contributed by atoms with Gasteiger partial charge in [-0.05, 0) is 18.1 Å². The molecule has 1 aromatic rings. The Morgan fingerprint density at radius 2 is 2.17 bits per heavy atom. The highest BCUT2D eigenvalue weighted by molar-refractivity contribution is 5.74. The van der Waals surface area contributed by atoms with Crippen molar-refractivity contribution in [3.8, 4) is 6.07 Å². The Labute approximate surface area is 104 Å². The minimum absolute atomic E-state index is 0.175. The zero-order valence-corrected chi connectivity index (χ0v) is 10.1. The van der Waals surface area contributed by atoms with Crippen LogP contribution in [0.3, 0.4) is 0 Å². The van der Waals surface area contributed by atoms with Crippen LogP contribution in [0.2, 0.25) is 0 Å². The topological polar surface area (TPSA) is 93.2 Å². The van der Waals surface area contributed by atoms with Gasteiger partial charge >= 0.3 is 5.97 Å². The van der Waals surface area contributed by atoms with Crippen molar-refractivity contribution in [3.05, 3.63) is 38.9 Å². The van der Waals surface area contributed by atoms with Gasteiger partial charge in [-0.15, -0.1) is 0 Å². The van der Waals surface area contributed by atoms with Gasteiger partial charge in [-0.25, -0.2) is 0 Å². The van der Waals surface area contributed by atoms with E-state index in [-0.39, 0.29) is 23.2 Å². The van der Waals surface area contributed by atoms with Crippen LogP contribution in [0.4, 0.5) is 5.69 Å². The Hall–Kier alpha value is -2.42. The highest BCUT2D eigenvalue weighted by Gasteiger charge is 2.19. The minimum Gasteiger partial charge on any atom is -0.469 e. The zero-order chi connectivity index (χ0) is 13.7. The molecule has 0 saturated heterocycles. The van der Waals surface area contributed by atoms with Crippen LogP contribution in [-0.2, 0) is 22.4 Å². The molecule has 0 aliphatic carbocycles. The van der Waals surface area contributed by atoms with Gasteiger partial charge in [-0.1, -0.05) is 6.92 Å². The molecule has 0 amide bonds. The number of rotatable bonds is 4. The molecule has 0 saturated carbocycles. The third-order valence-corrected chi connectivity index (χ3v) is 2.56. The molecule has 0 aromatic heterocycles. The van der Waals surface area contributed by atoms with E-state index in [0.29, 0.717) is 12.0 Å². The molecule has 0 spiro atoms. The lowest BCUT2D eigenvalue weighted by Gasteiger charge is -2.06. The molecule has 0 aliphatic rings. The maximum absolute atomic E-state index is 11.2. The number of methoxy groups -OCH3 is 1. The predicted octanol–water partition coefficient (Wildman–Crippen LogP) is 1.74. The molecule has 6 heteroatoms. The van der Waals surface area contributed by atoms with E-state index in [9.17, 15) is 14.9 Å². The number of nitriles is 1. The highest BCUT2D eigenvalue weighted by atomic mass is 16.6. The highest BCUT2D eigenvalue weighted by Crippen LogP contribution is 2.24. The molecule has 0 heterocycles. The summed E-state index contributed by atoms with van der Waals surface area (Å²) in [6, 6.07) is 4.64. The van der Waals surface area contributed by atoms with Gasteiger partial charge in [0, 0.05) is 11.6 Å². The maximum atomic E-state index is 11.2. The van der Waals surface area contributed by atoms with Crippen molar-refractivity contribution >= 4 is 11.7 Å². The SMILES string of the molecule is CCc1cc(CC(=O)OC)c([N+](=O)[O-])cc1C#N. The van der Waals surface area contributed by atoms with Gasteiger partial charge in [0.15, 0.2) is 0 Å². The van der Waals surface area contributed by atoms with Crippen LogP contribution in [0.1, 0.15) is 23.6 Å². The van der Waals surface area contributed by atoms with Gasteiger partial charge < -0.3 is 4.74 Å². The fraction of sp³-hybridized carbons (Fsp3) is 0.333. The van der Waals surface area contributed by atoms with Gasteiger partial charge in [-0.2, -0.15) is 5.26 Å². The molecule has 0 bridgehead atoms. The van der Waals surface area contributed by atoms with E-state index >= 15 is 0 Å². The molecule has 0 aliphatic heterocycles. The first-order valence-corrected chi connectivity index (χ1v) is 5.30. The number of benzene rings is 1. The fourth-order valence-electron chi connectivity index (χ4n) is 1.62. The summed E-state index contributed by atoms with van der Waals surface area (Å²) in [5, 5.41) is 19.8. The van der Waals surface area contributed by atoms with Crippen molar-refractivity contribution in [2.45, 2.75) is 19.8 Å². The first-order valence-electron chi connectivity index (χ1n) is 5.30. The van der Waals surface area contributed by atoms with Gasteiger partial charge in [0.25, 0.3) is 5.69 Å². The first-order chi connectivity index (χ1) is 8.53. The maximum Gasteiger partial charge on any atom is 0.310 e. The number of nitro benzene ring substituents is 1. The molecule has 94 valence electrons. The molecular weight excluding hydrogens is 236 g/mol. The second kappa shape index (κ2) is 5.77. The molecule has 0 unspecified atom stereocenters. The Balaban J connectivity index is 3.34. The van der Waals surface area contributed by atoms with Crippen LogP contribution in [0.5, 0.6) is 0 Å². The van der Waals surface area contributed by atoms with Crippen LogP contribution in [0.25, 0.3) is 0 Å². The van der Waals surface area contributed by atoms with Crippen molar-refractivity contribution in [1.29, 1.82) is 5.26 Å². The number of esters is 1. The molecule has 0 radical (unpaired) electrons. The third kappa shape index (κ3) is 2.83. The Kier molecular flexibility index (Phi) is 4.38. The van der Waals surface area contributed by atoms with Gasteiger partial charge in [0.2, 0.25) is 0 Å². The summed E-state index contributed by atoms with van der Waals surface area (Å²) in [5.74, 6) is -0.551. The summed E-state index contributed by atoms with van der Waals surface area (Å²) in [6.45, 7) is 1.84. The summed E-state index contributed by atoms with van der Waals surface area (Å²) < 4.78 is 4.49. The van der Waals surface area contributed by atoms with Crippen LogP contribution in [-0.4, -0.2) is 18.0 Å². The summed E-state index contributed by atoms with van der Waals surface area (Å²) in [4.78, 5) is 21.5. The number of ether oxygens (including phenoxy) is 1. The lowest BCUT2D eigenvalue weighted by Crippen LogP contribution is -2.08. The number of carbonyl (C=O) groups is 1. The molecule has 0 fully saturated rings. The first kappa shape index (κ1) is 13.6. The molecule has 6 nitrogen and oxygen atoms in total. The number of carbonyl (C=O) groups excluding carboxylic acids is 1. The van der Waals surface area contributed by atoms with Crippen LogP contribution >= 0.6 is 0 Å². The number of nitrogens with zero attached hydrogens (tertiary/aromatic N) is 2. The fourth-order valence-corrected chi connectivity index (χ4v) is 1.62. The normalized spacial score (nSPS) is 9.61. The second-order valence-corrected chi connectivity index (χ2v) is 3.61. The summed E-state index contributed by atoms with van der Waals surface area (Å²) in [5.41, 5.74) is 0.983. The van der Waals surface area contributed by atoms with Gasteiger partial charge in [0.1, 0.15) is 0 Å². The lowest BCUT2D eigenvalue weighted by atomic mass is 9.99. The zero-order valence-electron chi connectivity index (χ0n) is 10.1. The van der Waals surface area contributed by atoms with E-state index in [1.807, 2.05) is 13.0 Å². The van der Waals surface area contributed by atoms with Crippen molar-refractivity contribution in [2.24, 2.45) is 0 Å². The Morgan fingerprint density at radius 1 is 1.50 bits per heavy atom. The van der Waals surface area contributed by atoms with E-state index in [1.165, 1.54) is 19.2 Å². The summed E-state index contributed by atoms with van der Waals surface area (Å²) in [7, 11) is 1.22. The quantitative estimate of drug-likeness (QED) is 0.459. The van der Waals surface area contributed by atoms with Crippen LogP contribution in [0, 0.1) is 21.4 Å². The van der Waals surface area contributed by atoms with Crippen molar-refractivity contribution < 1.29 is 14.5 Å². The number of hydrogen-bond donors (Lipinski definition) is 0. The van der Waals surface area contributed by atoms with Crippen LogP contribution < -0.4 is 0 Å². The summed E-state index contributed by atoms with van der Waals surface area (Å²) in [6.07, 6.45) is 0.389. The lowest BCUT2D eigenvalue weighted by molar-refractivity contribution is -0.385. The van der Waals surface area contributed by atoms with Crippen molar-refractivity contribution in [1.82, 2.24) is 0 Å². The number of hydrogen-bond acceptors (Lipinski definition) is 5. The molecule has 18 heavy (non-hydrogen) atoms. The summed E-state index contributed by atoms with van der Waals surface area (Å²) >= 11 is 0. The van der Waals surface area contributed by atoms with E-state index < -0.39 is 10.9 Å². The average molecular weight is 248 g/mol. The molecule has 1 rings (SSSR count). The minimum atomic E-state index is -0.599. The monoisotopic (exact) mass is 248 g/mol. The second-order valence-electron chi connectivity index (χ2n) is 3.61. The van der Waals surface area contributed by atoms with Crippen LogP contribution in [0.15, 0.2) is 12.1 Å². The third-order valence-electron chi connectivity index (χ3n) is 2.56. The molecular formula is C12H12N2O4. The van der Waals surface area contributed by atoms with Gasteiger partial charge in [0.05, 0.1) is 30.1 Å². The van der Waals surface area contributed by atoms with E-state index in [1.54, 1.807) is 0 Å². The van der Waals surface area contributed by atoms with Gasteiger partial charge in [-0.3, -0.25) is 14.9 Å². The smallest absolute Gasteiger partial charge is 0.310 e. The standard InChI is InChI=1S/C12H12N2O4/c1-3-8-4-9(6-12(15)18-2)11(14(16)17)5-10(8)7-13/h4-5H,3,6H2,1-2H3. The van der Waals surface area contributed by atoms with E-state index in [0.717, 1.165) is 0 Å². The predicted molar refractivity (Wildman–Crippen MR) is 62.9 cm³/mol. The number of aryl methyl sites for hydroxylation is 1. The molecule has 1 aromatic carbocycles.